The van der Waals surface area contributed by atoms with Gasteiger partial charge in [-0.1, -0.05) is 66.7 Å². The van der Waals surface area contributed by atoms with Crippen molar-refractivity contribution in [2.75, 3.05) is 32.8 Å². The first-order chi connectivity index (χ1) is 49.4. The van der Waals surface area contributed by atoms with Gasteiger partial charge in [0.25, 0.3) is 0 Å². The summed E-state index contributed by atoms with van der Waals surface area (Å²) in [5, 5.41) is 85.4. The van der Waals surface area contributed by atoms with Gasteiger partial charge >= 0.3 is 5.97 Å². The van der Waals surface area contributed by atoms with E-state index in [1.807, 2.05) is 18.2 Å². The highest BCUT2D eigenvalue weighted by Crippen LogP contribution is 2.23. The van der Waals surface area contributed by atoms with Crippen molar-refractivity contribution < 1.29 is 58.5 Å². The van der Waals surface area contributed by atoms with Gasteiger partial charge in [-0.15, -0.1) is 0 Å². The normalized spacial score (nSPS) is 13.8. The summed E-state index contributed by atoms with van der Waals surface area (Å²) in [6.07, 6.45) is 5.01. The predicted octanol–water partition coefficient (Wildman–Crippen LogP) is -1.69. The van der Waals surface area contributed by atoms with Crippen LogP contribution in [0.25, 0.3) is 32.7 Å². The van der Waals surface area contributed by atoms with Gasteiger partial charge in [0.1, 0.15) is 54.1 Å². The van der Waals surface area contributed by atoms with E-state index in [0.29, 0.717) is 51.4 Å². The van der Waals surface area contributed by atoms with Crippen LogP contribution in [0.2, 0.25) is 0 Å². The summed E-state index contributed by atoms with van der Waals surface area (Å²) in [6, 6.07) is 14.0. The second kappa shape index (κ2) is 39.3. The zero-order valence-electron chi connectivity index (χ0n) is 56.8. The minimum Gasteiger partial charge on any atom is -0.508 e. The Morgan fingerprint density at radius 3 is 1.11 bits per heavy atom. The molecule has 8 amide bonds. The number of aromatic nitrogens is 3. The molecule has 0 aliphatic rings. The molecule has 0 bridgehead atoms. The predicted molar refractivity (Wildman–Crippen MR) is 386 cm³/mol. The van der Waals surface area contributed by atoms with Crippen LogP contribution in [0.15, 0.2) is 116 Å². The van der Waals surface area contributed by atoms with E-state index in [9.17, 15) is 53.7 Å². The summed E-state index contributed by atoms with van der Waals surface area (Å²) >= 11 is 0. The molecule has 0 saturated carbocycles. The molecule has 0 unspecified atom stereocenters. The first-order valence-electron chi connectivity index (χ1n) is 33.8. The van der Waals surface area contributed by atoms with Crippen LogP contribution in [0.5, 0.6) is 5.75 Å². The quantitative estimate of drug-likeness (QED) is 0.0115. The van der Waals surface area contributed by atoms with Gasteiger partial charge in [-0.05, 0) is 117 Å². The fraction of sp³-hybridized carbons (Fsp3) is 0.391. The van der Waals surface area contributed by atoms with Crippen molar-refractivity contribution in [2.45, 2.75) is 138 Å². The molecule has 552 valence electrons. The minimum absolute atomic E-state index is 0.0274. The molecular weight excluding hydrogens is 1330 g/mol. The van der Waals surface area contributed by atoms with Crippen LogP contribution >= 0.6 is 0 Å². The Balaban J connectivity index is 1.15. The van der Waals surface area contributed by atoms with E-state index in [2.05, 4.69) is 73.4 Å². The maximum atomic E-state index is 15.0. The first-order valence-corrected chi connectivity index (χ1v) is 33.8. The lowest BCUT2D eigenvalue weighted by Gasteiger charge is -2.28. The molecule has 103 heavy (non-hydrogen) atoms. The van der Waals surface area contributed by atoms with E-state index in [1.54, 1.807) is 73.2 Å². The summed E-state index contributed by atoms with van der Waals surface area (Å²) < 4.78 is 0. The number of aromatic hydroxyl groups is 1. The summed E-state index contributed by atoms with van der Waals surface area (Å²) in [6.45, 7) is -0.521. The van der Waals surface area contributed by atoms with E-state index in [4.69, 9.17) is 44.9 Å². The number of unbranched alkanes of at least 4 members (excludes halogenated alkanes) is 1. The number of aliphatic hydroxyl groups excluding tert-OH is 1. The molecule has 4 aromatic carbocycles. The Morgan fingerprint density at radius 2 is 0.718 bits per heavy atom. The number of phenolic OH excluding ortho intramolecular Hbond substituents is 1. The number of para-hydroxylation sites is 3. The number of phenols is 1. The minimum atomic E-state index is -1.74. The number of aliphatic carboxylic acids is 1. The fourth-order valence-electron chi connectivity index (χ4n) is 11.7. The van der Waals surface area contributed by atoms with Crippen molar-refractivity contribution in [3.63, 3.8) is 0 Å². The van der Waals surface area contributed by atoms with Crippen LogP contribution in [0.3, 0.4) is 0 Å². The highest BCUT2D eigenvalue weighted by atomic mass is 16.4. The van der Waals surface area contributed by atoms with E-state index < -0.39 is 120 Å². The number of amides is 8. The molecule has 0 aliphatic carbocycles. The molecule has 0 spiro atoms. The van der Waals surface area contributed by atoms with Gasteiger partial charge in [0, 0.05) is 96.6 Å². The zero-order valence-corrected chi connectivity index (χ0v) is 56.8. The third kappa shape index (κ3) is 24.2. The van der Waals surface area contributed by atoms with Gasteiger partial charge < -0.3 is 117 Å². The third-order valence-electron chi connectivity index (χ3n) is 17.2. The molecule has 7 aromatic rings. The number of fused-ring (bicyclic) bond motifs is 3. The monoisotopic (exact) mass is 1420 g/mol. The number of carboxylic acids is 1. The number of carbonyl (C=O) groups is 9. The molecule has 9 atom stereocenters. The molecule has 0 fully saturated rings. The maximum absolute atomic E-state index is 15.0. The Hall–Kier alpha value is -11.8. The highest BCUT2D eigenvalue weighted by Gasteiger charge is 2.36. The smallest absolute Gasteiger partial charge is 0.326 e. The Morgan fingerprint density at radius 1 is 0.398 bits per heavy atom. The molecule has 34 nitrogen and oxygen atoms in total. The van der Waals surface area contributed by atoms with Crippen LogP contribution in [-0.4, -0.2) is 189 Å². The van der Waals surface area contributed by atoms with Crippen LogP contribution in [0.1, 0.15) is 80.0 Å². The Bertz CT molecular complexity index is 4080. The lowest BCUT2D eigenvalue weighted by atomic mass is 10.0. The van der Waals surface area contributed by atoms with Crippen molar-refractivity contribution in [3.8, 4) is 5.75 Å². The number of aromatic amines is 3. The fourth-order valence-corrected chi connectivity index (χ4v) is 11.7. The average molecular weight is 1420 g/mol. The maximum Gasteiger partial charge on any atom is 0.326 e. The SMILES string of the molecule is N=C(N)NCCC[C@H](NC(=O)[C@H](CCCCN)NC(=O)[C@H](CCCNC(=N)N)NC(=O)[C@H](Cc1ccc(O)cc1)NC(=O)[C@H](Cc1c[nH]c2ccccc12)NC(=O)[C@@H](N)CCCNC(=N)N)C(=O)N[C@@H](Cc1c[nH]c2ccccc12)C(=O)N[C@@H](CO)C(=O)N[C@@H](Cc1c[nH]c2ccccc12)C(=O)O. The number of carbonyl (C=O) groups excluding carboxylic acids is 8. The van der Waals surface area contributed by atoms with Crippen LogP contribution < -0.4 is 87.2 Å². The lowest BCUT2D eigenvalue weighted by Crippen LogP contribution is -2.61. The number of nitrogens with one attached hydrogen (secondary N) is 17. The van der Waals surface area contributed by atoms with Crippen LogP contribution in [0.4, 0.5) is 0 Å². The van der Waals surface area contributed by atoms with Gasteiger partial charge in [0.15, 0.2) is 17.9 Å². The van der Waals surface area contributed by atoms with Crippen LogP contribution in [-0.2, 0) is 68.8 Å². The lowest BCUT2D eigenvalue weighted by molar-refractivity contribution is -0.142. The molecule has 3 heterocycles. The second-order valence-corrected chi connectivity index (χ2v) is 24.9. The number of hydrogen-bond donors (Lipinski definition) is 25. The molecule has 30 N–H and O–H groups in total. The number of rotatable bonds is 42. The van der Waals surface area contributed by atoms with Crippen molar-refractivity contribution in [1.29, 1.82) is 16.2 Å². The number of benzene rings is 4. The molecular formula is C69H94N22O12. The number of hydrogen-bond acceptors (Lipinski definition) is 16. The Labute approximate surface area is 592 Å². The first kappa shape index (κ1) is 78.6. The molecule has 7 rings (SSSR count). The molecule has 0 aliphatic heterocycles. The number of H-pyrrole nitrogens is 3. The number of aliphatic hydroxyl groups is 1. The van der Waals surface area contributed by atoms with E-state index in [1.165, 1.54) is 24.3 Å². The highest BCUT2D eigenvalue weighted by molar-refractivity contribution is 5.99. The second-order valence-electron chi connectivity index (χ2n) is 24.9. The third-order valence-corrected chi connectivity index (χ3v) is 17.2. The van der Waals surface area contributed by atoms with Gasteiger partial charge in [-0.25, -0.2) is 4.79 Å². The van der Waals surface area contributed by atoms with Crippen molar-refractivity contribution in [1.82, 2.24) is 73.4 Å². The number of nitrogens with two attached hydrogens (primary N) is 5. The van der Waals surface area contributed by atoms with Gasteiger partial charge in [0.2, 0.25) is 47.3 Å². The number of guanidine groups is 3. The van der Waals surface area contributed by atoms with Gasteiger partial charge in [-0.3, -0.25) is 54.6 Å². The summed E-state index contributed by atoms with van der Waals surface area (Å²) in [4.78, 5) is 139. The van der Waals surface area contributed by atoms with E-state index in [0.717, 1.165) is 16.4 Å². The van der Waals surface area contributed by atoms with Crippen molar-refractivity contribution in [3.05, 3.63) is 138 Å². The number of carboxylic acid groups (broad SMARTS) is 1. The van der Waals surface area contributed by atoms with Crippen LogP contribution in [0, 0.1) is 16.2 Å². The summed E-state index contributed by atoms with van der Waals surface area (Å²) in [7, 11) is 0. The summed E-state index contributed by atoms with van der Waals surface area (Å²) in [5.41, 5.74) is 33.2. The summed E-state index contributed by atoms with van der Waals surface area (Å²) in [5.74, 6) is -9.78. The zero-order chi connectivity index (χ0) is 74.5. The average Bonchev–Trinajstić information content (AvgIpc) is 1.74. The van der Waals surface area contributed by atoms with Crippen molar-refractivity contribution in [2.24, 2.45) is 28.7 Å². The van der Waals surface area contributed by atoms with Gasteiger partial charge in [0.05, 0.1) is 12.6 Å². The van der Waals surface area contributed by atoms with Gasteiger partial charge in [-0.2, -0.15) is 0 Å². The standard InChI is InChI=1S/C69H94N22O12/c70-26-8-7-19-50(59(95)85-52(21-11-29-80-69(76)77)61(97)89-55(32-40-35-82-48-17-5-2-13-44(40)48)64(100)91-57(37-92)65(101)90-56(66(102)103)33-41-36-83-49-18-6-3-14-45(41)49)84-60(96)51(20-10-28-79-68(74)75)86-62(98)53(30-38-22-24-42(93)25-23-38)88-63(99)54(31-39-34-81-47-16-4-1-12-43(39)47)87-58(94)46(71)15-9-27-78-67(72)73/h1-6,12-14,16-18,22-25,34-36,46,50-57,81-83,92-93H,7-11,15,19-21,26-33,37,70-71H2,(H,84,96)(H,85,95)(H,86,98)(H,87,94)(H,88,99)(H,89,97)(H,90,101)(H,91,100)(H,102,103)(H4,72,73,78)(H4,74,75,79)(H4,76,77,80)/t46-,50-,51-,52-,53-,54-,55-,56-,57-/m0/s1. The molecule has 0 radical (unpaired) electrons. The topological polar surface area (TPSA) is 596 Å². The largest absolute Gasteiger partial charge is 0.508 e. The molecule has 3 aromatic heterocycles. The Kier molecular flexibility index (Phi) is 30.0. The molecule has 0 saturated heterocycles. The van der Waals surface area contributed by atoms with E-state index in [-0.39, 0.29) is 114 Å². The molecule has 34 heteroatoms. The van der Waals surface area contributed by atoms with Crippen molar-refractivity contribution >= 4 is 104 Å². The van der Waals surface area contributed by atoms with E-state index >= 15 is 4.79 Å².